The standard InChI is InChI=1S/C12H14N2O2/c1-8-11(14-16-12(8)15)10(13)7-9-5-3-2-4-6-9/h2-6,8,10H,7,13H2,1H3/t8?,10-/m0/s1. The molecular formula is C12H14N2O2. The third kappa shape index (κ3) is 2.12. The zero-order chi connectivity index (χ0) is 11.5. The molecule has 0 aromatic heterocycles. The lowest BCUT2D eigenvalue weighted by Crippen LogP contribution is -2.36. The second-order valence-corrected chi connectivity index (χ2v) is 3.94. The van der Waals surface area contributed by atoms with Gasteiger partial charge in [-0.25, -0.2) is 4.79 Å². The van der Waals surface area contributed by atoms with E-state index in [0.717, 1.165) is 5.56 Å². The summed E-state index contributed by atoms with van der Waals surface area (Å²) in [4.78, 5) is 15.8. The maximum atomic E-state index is 11.1. The van der Waals surface area contributed by atoms with E-state index in [2.05, 4.69) is 9.99 Å². The van der Waals surface area contributed by atoms with Crippen molar-refractivity contribution in [2.75, 3.05) is 0 Å². The third-order valence-electron chi connectivity index (χ3n) is 2.72. The molecule has 0 amide bonds. The van der Waals surface area contributed by atoms with Crippen molar-refractivity contribution in [1.82, 2.24) is 0 Å². The summed E-state index contributed by atoms with van der Waals surface area (Å²) >= 11 is 0. The maximum absolute atomic E-state index is 11.1. The van der Waals surface area contributed by atoms with E-state index in [0.29, 0.717) is 12.1 Å². The molecule has 0 bridgehead atoms. The Hall–Kier alpha value is -1.68. The fourth-order valence-electron chi connectivity index (χ4n) is 1.74. The molecule has 1 aromatic rings. The van der Waals surface area contributed by atoms with Crippen LogP contribution in [0.2, 0.25) is 0 Å². The van der Waals surface area contributed by atoms with E-state index in [-0.39, 0.29) is 17.9 Å². The predicted octanol–water partition coefficient (Wildman–Crippen LogP) is 1.11. The number of hydrogen-bond donors (Lipinski definition) is 1. The highest BCUT2D eigenvalue weighted by molar-refractivity contribution is 6.07. The Kier molecular flexibility index (Phi) is 3.01. The Morgan fingerprint density at radius 2 is 2.12 bits per heavy atom. The van der Waals surface area contributed by atoms with Crippen molar-refractivity contribution >= 4 is 11.7 Å². The minimum atomic E-state index is -0.321. The molecule has 1 unspecified atom stereocenters. The monoisotopic (exact) mass is 218 g/mol. The van der Waals surface area contributed by atoms with Crippen LogP contribution in [0.3, 0.4) is 0 Å². The van der Waals surface area contributed by atoms with Gasteiger partial charge in [-0.3, -0.25) is 0 Å². The molecule has 0 saturated carbocycles. The van der Waals surface area contributed by atoms with Crippen LogP contribution in [0.15, 0.2) is 35.5 Å². The van der Waals surface area contributed by atoms with Crippen LogP contribution in [0.25, 0.3) is 0 Å². The van der Waals surface area contributed by atoms with E-state index in [4.69, 9.17) is 5.73 Å². The van der Waals surface area contributed by atoms with Gasteiger partial charge in [-0.1, -0.05) is 35.5 Å². The second kappa shape index (κ2) is 4.45. The van der Waals surface area contributed by atoms with Crippen molar-refractivity contribution in [2.24, 2.45) is 16.8 Å². The molecule has 0 aliphatic carbocycles. The predicted molar refractivity (Wildman–Crippen MR) is 60.8 cm³/mol. The molecule has 4 nitrogen and oxygen atoms in total. The number of carbonyl (C=O) groups is 1. The zero-order valence-electron chi connectivity index (χ0n) is 9.09. The van der Waals surface area contributed by atoms with Gasteiger partial charge in [0, 0.05) is 0 Å². The Labute approximate surface area is 94.1 Å². The summed E-state index contributed by atoms with van der Waals surface area (Å²) in [7, 11) is 0. The van der Waals surface area contributed by atoms with E-state index < -0.39 is 0 Å². The number of nitrogens with zero attached hydrogens (tertiary/aromatic N) is 1. The molecule has 1 aromatic carbocycles. The number of carbonyl (C=O) groups excluding carboxylic acids is 1. The fraction of sp³-hybridized carbons (Fsp3) is 0.333. The highest BCUT2D eigenvalue weighted by atomic mass is 16.7. The maximum Gasteiger partial charge on any atom is 0.343 e. The van der Waals surface area contributed by atoms with E-state index in [1.165, 1.54) is 0 Å². The normalized spacial score (nSPS) is 21.5. The van der Waals surface area contributed by atoms with Gasteiger partial charge in [-0.05, 0) is 18.9 Å². The van der Waals surface area contributed by atoms with Crippen LogP contribution in [0.4, 0.5) is 0 Å². The van der Waals surface area contributed by atoms with Gasteiger partial charge in [-0.15, -0.1) is 0 Å². The Bertz CT molecular complexity index is 414. The van der Waals surface area contributed by atoms with Crippen molar-refractivity contribution in [3.63, 3.8) is 0 Å². The number of rotatable bonds is 3. The summed E-state index contributed by atoms with van der Waals surface area (Å²) in [6, 6.07) is 9.62. The minimum absolute atomic E-state index is 0.260. The second-order valence-electron chi connectivity index (χ2n) is 3.94. The highest BCUT2D eigenvalue weighted by Crippen LogP contribution is 2.15. The van der Waals surface area contributed by atoms with Crippen LogP contribution in [0.1, 0.15) is 12.5 Å². The van der Waals surface area contributed by atoms with Gasteiger partial charge in [0.15, 0.2) is 0 Å². The van der Waals surface area contributed by atoms with Crippen LogP contribution < -0.4 is 5.73 Å². The van der Waals surface area contributed by atoms with Gasteiger partial charge in [0.05, 0.1) is 17.7 Å². The summed E-state index contributed by atoms with van der Waals surface area (Å²) in [5.74, 6) is -0.641. The lowest BCUT2D eigenvalue weighted by atomic mass is 9.95. The first kappa shape index (κ1) is 10.8. The van der Waals surface area contributed by atoms with Gasteiger partial charge in [0.1, 0.15) is 0 Å². The number of benzene rings is 1. The van der Waals surface area contributed by atoms with E-state index in [1.807, 2.05) is 30.3 Å². The summed E-state index contributed by atoms with van der Waals surface area (Å²) in [5, 5.41) is 3.74. The van der Waals surface area contributed by atoms with E-state index in [1.54, 1.807) is 6.92 Å². The van der Waals surface area contributed by atoms with Crippen molar-refractivity contribution in [1.29, 1.82) is 0 Å². The fourth-order valence-corrected chi connectivity index (χ4v) is 1.74. The van der Waals surface area contributed by atoms with Crippen molar-refractivity contribution in [2.45, 2.75) is 19.4 Å². The Morgan fingerprint density at radius 3 is 2.69 bits per heavy atom. The van der Waals surface area contributed by atoms with Gasteiger partial charge < -0.3 is 10.6 Å². The average Bonchev–Trinajstić information content (AvgIpc) is 2.61. The SMILES string of the molecule is CC1C(=O)ON=C1[C@@H](N)Cc1ccccc1. The smallest absolute Gasteiger partial charge is 0.323 e. The molecule has 2 rings (SSSR count). The van der Waals surface area contributed by atoms with Crippen molar-refractivity contribution in [3.8, 4) is 0 Å². The molecule has 2 atom stereocenters. The van der Waals surface area contributed by atoms with Crippen LogP contribution in [0.5, 0.6) is 0 Å². The molecule has 0 saturated heterocycles. The zero-order valence-corrected chi connectivity index (χ0v) is 9.09. The highest BCUT2D eigenvalue weighted by Gasteiger charge is 2.31. The Balaban J connectivity index is 2.04. The Morgan fingerprint density at radius 1 is 1.44 bits per heavy atom. The third-order valence-corrected chi connectivity index (χ3v) is 2.72. The van der Waals surface area contributed by atoms with Crippen molar-refractivity contribution < 1.29 is 9.63 Å². The topological polar surface area (TPSA) is 64.7 Å². The summed E-state index contributed by atoms with van der Waals surface area (Å²) in [6.45, 7) is 1.76. The minimum Gasteiger partial charge on any atom is -0.323 e. The van der Waals surface area contributed by atoms with E-state index in [9.17, 15) is 4.79 Å². The molecule has 16 heavy (non-hydrogen) atoms. The molecule has 0 fully saturated rings. The molecule has 0 spiro atoms. The van der Waals surface area contributed by atoms with Gasteiger partial charge in [0.25, 0.3) is 0 Å². The first-order valence-corrected chi connectivity index (χ1v) is 5.26. The lowest BCUT2D eigenvalue weighted by molar-refractivity contribution is -0.142. The van der Waals surface area contributed by atoms with Gasteiger partial charge in [-0.2, -0.15) is 0 Å². The molecule has 1 aliphatic heterocycles. The molecule has 2 N–H and O–H groups in total. The largest absolute Gasteiger partial charge is 0.343 e. The molecular weight excluding hydrogens is 204 g/mol. The number of nitrogens with two attached hydrogens (primary N) is 1. The van der Waals surface area contributed by atoms with Crippen LogP contribution in [-0.2, 0) is 16.1 Å². The van der Waals surface area contributed by atoms with Crippen LogP contribution in [-0.4, -0.2) is 17.7 Å². The molecule has 84 valence electrons. The quantitative estimate of drug-likeness (QED) is 0.773. The van der Waals surface area contributed by atoms with Crippen LogP contribution in [0, 0.1) is 5.92 Å². The molecule has 4 heteroatoms. The molecule has 1 aliphatic rings. The lowest BCUT2D eigenvalue weighted by Gasteiger charge is -2.12. The number of oxime groups is 1. The summed E-state index contributed by atoms with van der Waals surface area (Å²) < 4.78 is 0. The van der Waals surface area contributed by atoms with Gasteiger partial charge in [0.2, 0.25) is 0 Å². The first-order valence-electron chi connectivity index (χ1n) is 5.26. The van der Waals surface area contributed by atoms with Crippen LogP contribution >= 0.6 is 0 Å². The van der Waals surface area contributed by atoms with Crippen molar-refractivity contribution in [3.05, 3.63) is 35.9 Å². The summed E-state index contributed by atoms with van der Waals surface area (Å²) in [6.07, 6.45) is 0.667. The average molecular weight is 218 g/mol. The summed E-state index contributed by atoms with van der Waals surface area (Å²) in [5.41, 5.74) is 7.76. The molecule has 1 heterocycles. The van der Waals surface area contributed by atoms with E-state index >= 15 is 0 Å². The number of hydrogen-bond acceptors (Lipinski definition) is 4. The van der Waals surface area contributed by atoms with Gasteiger partial charge >= 0.3 is 5.97 Å². The molecule has 0 radical (unpaired) electrons. The first-order chi connectivity index (χ1) is 7.68.